The van der Waals surface area contributed by atoms with E-state index in [1.54, 1.807) is 4.90 Å². The average Bonchev–Trinajstić information content (AvgIpc) is 2.40. The maximum atomic E-state index is 13.4. The average molecular weight is 315 g/mol. The second-order valence-electron chi connectivity index (χ2n) is 5.16. The molecule has 1 fully saturated rings. The number of anilines is 1. The molecule has 1 aliphatic heterocycles. The van der Waals surface area contributed by atoms with Gasteiger partial charge in [-0.2, -0.15) is 0 Å². The molecule has 1 saturated heterocycles. The van der Waals surface area contributed by atoms with E-state index in [2.05, 4.69) is 4.72 Å². The van der Waals surface area contributed by atoms with Crippen molar-refractivity contribution in [3.8, 4) is 0 Å². The minimum absolute atomic E-state index is 0.143. The Labute approximate surface area is 123 Å². The molecule has 1 aromatic rings. The molecule has 0 aliphatic carbocycles. The number of hydrogen-bond donors (Lipinski definition) is 2. The zero-order valence-corrected chi connectivity index (χ0v) is 12.5. The lowest BCUT2D eigenvalue weighted by Crippen LogP contribution is -2.46. The maximum absolute atomic E-state index is 13.4. The number of likely N-dealkylation sites (tertiary alicyclic amines) is 1. The van der Waals surface area contributed by atoms with E-state index in [-0.39, 0.29) is 23.2 Å². The summed E-state index contributed by atoms with van der Waals surface area (Å²) in [5.41, 5.74) is 5.58. The fourth-order valence-corrected chi connectivity index (χ4v) is 3.24. The molecule has 0 radical (unpaired) electrons. The summed E-state index contributed by atoms with van der Waals surface area (Å²) in [6, 6.07) is 3.96. The van der Waals surface area contributed by atoms with E-state index in [0.717, 1.165) is 6.26 Å². The number of nitrogen functional groups attached to an aromatic ring is 1. The summed E-state index contributed by atoms with van der Waals surface area (Å²) in [7, 11) is -3.25. The molecule has 1 heterocycles. The molecule has 1 aliphatic rings. The molecule has 0 atom stereocenters. The molecule has 3 N–H and O–H groups in total. The van der Waals surface area contributed by atoms with Gasteiger partial charge in [0.15, 0.2) is 0 Å². The van der Waals surface area contributed by atoms with Gasteiger partial charge in [0.05, 0.1) is 17.5 Å². The summed E-state index contributed by atoms with van der Waals surface area (Å²) in [4.78, 5) is 13.9. The first-order valence-electron chi connectivity index (χ1n) is 6.58. The van der Waals surface area contributed by atoms with Crippen LogP contribution in [0.2, 0.25) is 0 Å². The summed E-state index contributed by atoms with van der Waals surface area (Å²) in [5.74, 6) is -0.945. The van der Waals surface area contributed by atoms with Crippen LogP contribution in [-0.2, 0) is 10.0 Å². The van der Waals surface area contributed by atoms with Gasteiger partial charge >= 0.3 is 0 Å². The normalized spacial score (nSPS) is 17.0. The predicted molar refractivity (Wildman–Crippen MR) is 77.7 cm³/mol. The molecule has 116 valence electrons. The van der Waals surface area contributed by atoms with E-state index < -0.39 is 15.8 Å². The fourth-order valence-electron chi connectivity index (χ4n) is 2.40. The lowest BCUT2D eigenvalue weighted by molar-refractivity contribution is 0.0712. The minimum atomic E-state index is -3.25. The standard InChI is InChI=1S/C13H18FN3O3S/c1-21(19,20)16-9-5-7-17(8-6-9)13(18)10-3-2-4-11(14)12(10)15/h2-4,9,16H,5-8,15H2,1H3. The van der Waals surface area contributed by atoms with Crippen molar-refractivity contribution in [2.24, 2.45) is 0 Å². The third kappa shape index (κ3) is 3.92. The largest absolute Gasteiger partial charge is 0.396 e. The van der Waals surface area contributed by atoms with E-state index in [4.69, 9.17) is 5.73 Å². The molecule has 0 spiro atoms. The van der Waals surface area contributed by atoms with E-state index in [0.29, 0.717) is 25.9 Å². The number of amides is 1. The highest BCUT2D eigenvalue weighted by Gasteiger charge is 2.26. The van der Waals surface area contributed by atoms with E-state index >= 15 is 0 Å². The first-order valence-corrected chi connectivity index (χ1v) is 8.47. The molecule has 0 unspecified atom stereocenters. The molecule has 2 rings (SSSR count). The summed E-state index contributed by atoms with van der Waals surface area (Å²) >= 11 is 0. The molecule has 6 nitrogen and oxygen atoms in total. The summed E-state index contributed by atoms with van der Waals surface area (Å²) < 4.78 is 38.2. The first kappa shape index (κ1) is 15.7. The van der Waals surface area contributed by atoms with Crippen LogP contribution in [0, 0.1) is 5.82 Å². The first-order chi connectivity index (χ1) is 9.78. The number of nitrogens with zero attached hydrogens (tertiary/aromatic N) is 1. The van der Waals surface area contributed by atoms with Gasteiger partial charge in [0.2, 0.25) is 10.0 Å². The summed E-state index contributed by atoms with van der Waals surface area (Å²) in [5, 5.41) is 0. The monoisotopic (exact) mass is 315 g/mol. The van der Waals surface area contributed by atoms with Gasteiger partial charge < -0.3 is 10.6 Å². The van der Waals surface area contributed by atoms with Crippen molar-refractivity contribution in [3.63, 3.8) is 0 Å². The third-order valence-electron chi connectivity index (χ3n) is 3.45. The number of nitrogens with one attached hydrogen (secondary N) is 1. The van der Waals surface area contributed by atoms with Crippen molar-refractivity contribution < 1.29 is 17.6 Å². The number of sulfonamides is 1. The van der Waals surface area contributed by atoms with Crippen molar-refractivity contribution in [1.29, 1.82) is 0 Å². The Morgan fingerprint density at radius 2 is 2.00 bits per heavy atom. The highest BCUT2D eigenvalue weighted by Crippen LogP contribution is 2.20. The Morgan fingerprint density at radius 3 is 2.57 bits per heavy atom. The van der Waals surface area contributed by atoms with Crippen LogP contribution in [0.15, 0.2) is 18.2 Å². The number of carbonyl (C=O) groups is 1. The Bertz CT molecular complexity index is 640. The predicted octanol–water partition coefficient (Wildman–Crippen LogP) is 0.562. The summed E-state index contributed by atoms with van der Waals surface area (Å²) in [6.45, 7) is 0.809. The number of rotatable bonds is 3. The summed E-state index contributed by atoms with van der Waals surface area (Å²) in [6.07, 6.45) is 2.15. The number of nitrogens with two attached hydrogens (primary N) is 1. The molecule has 8 heteroatoms. The SMILES string of the molecule is CS(=O)(=O)NC1CCN(C(=O)c2cccc(F)c2N)CC1. The van der Waals surface area contributed by atoms with E-state index in [1.807, 2.05) is 0 Å². The number of piperidine rings is 1. The minimum Gasteiger partial charge on any atom is -0.396 e. The topological polar surface area (TPSA) is 92.5 Å². The van der Waals surface area contributed by atoms with Crippen LogP contribution < -0.4 is 10.5 Å². The van der Waals surface area contributed by atoms with Gasteiger partial charge in [-0.25, -0.2) is 17.5 Å². The van der Waals surface area contributed by atoms with Crippen LogP contribution in [0.3, 0.4) is 0 Å². The quantitative estimate of drug-likeness (QED) is 0.797. The lowest BCUT2D eigenvalue weighted by Gasteiger charge is -2.32. The second-order valence-corrected chi connectivity index (χ2v) is 6.94. The second kappa shape index (κ2) is 5.98. The van der Waals surface area contributed by atoms with Gasteiger partial charge in [0.25, 0.3) is 5.91 Å². The number of hydrogen-bond acceptors (Lipinski definition) is 4. The zero-order valence-electron chi connectivity index (χ0n) is 11.7. The van der Waals surface area contributed by atoms with Gasteiger partial charge in [-0.15, -0.1) is 0 Å². The number of benzene rings is 1. The lowest BCUT2D eigenvalue weighted by atomic mass is 10.0. The Balaban J connectivity index is 2.02. The van der Waals surface area contributed by atoms with E-state index in [9.17, 15) is 17.6 Å². The Hall–Kier alpha value is -1.67. The zero-order chi connectivity index (χ0) is 15.6. The molecule has 21 heavy (non-hydrogen) atoms. The van der Waals surface area contributed by atoms with Crippen LogP contribution in [0.5, 0.6) is 0 Å². The van der Waals surface area contributed by atoms with E-state index in [1.165, 1.54) is 18.2 Å². The van der Waals surface area contributed by atoms with Gasteiger partial charge in [0.1, 0.15) is 5.82 Å². The highest BCUT2D eigenvalue weighted by molar-refractivity contribution is 7.88. The number of halogens is 1. The van der Waals surface area contributed by atoms with Crippen LogP contribution in [0.1, 0.15) is 23.2 Å². The molecular weight excluding hydrogens is 297 g/mol. The van der Waals surface area contributed by atoms with Crippen molar-refractivity contribution in [2.45, 2.75) is 18.9 Å². The van der Waals surface area contributed by atoms with Crippen molar-refractivity contribution in [3.05, 3.63) is 29.6 Å². The number of para-hydroxylation sites is 1. The van der Waals surface area contributed by atoms with Crippen molar-refractivity contribution in [1.82, 2.24) is 9.62 Å². The van der Waals surface area contributed by atoms with Crippen molar-refractivity contribution in [2.75, 3.05) is 25.1 Å². The van der Waals surface area contributed by atoms with Gasteiger partial charge in [-0.3, -0.25) is 4.79 Å². The molecule has 0 bridgehead atoms. The molecule has 1 aromatic carbocycles. The Morgan fingerprint density at radius 1 is 1.38 bits per heavy atom. The Kier molecular flexibility index (Phi) is 4.48. The van der Waals surface area contributed by atoms with Gasteiger partial charge in [-0.05, 0) is 25.0 Å². The van der Waals surface area contributed by atoms with Crippen LogP contribution in [0.4, 0.5) is 10.1 Å². The van der Waals surface area contributed by atoms with Crippen LogP contribution >= 0.6 is 0 Å². The fraction of sp³-hybridized carbons (Fsp3) is 0.462. The molecular formula is C13H18FN3O3S. The van der Waals surface area contributed by atoms with Crippen LogP contribution in [-0.4, -0.2) is 44.6 Å². The smallest absolute Gasteiger partial charge is 0.256 e. The maximum Gasteiger partial charge on any atom is 0.256 e. The van der Waals surface area contributed by atoms with Gasteiger partial charge in [-0.1, -0.05) is 6.07 Å². The van der Waals surface area contributed by atoms with Crippen molar-refractivity contribution >= 4 is 21.6 Å². The van der Waals surface area contributed by atoms with Gasteiger partial charge in [0, 0.05) is 19.1 Å². The molecule has 1 amide bonds. The number of carbonyl (C=O) groups excluding carboxylic acids is 1. The molecule has 0 saturated carbocycles. The highest BCUT2D eigenvalue weighted by atomic mass is 32.2. The van der Waals surface area contributed by atoms with Crippen LogP contribution in [0.25, 0.3) is 0 Å². The molecule has 0 aromatic heterocycles. The third-order valence-corrected chi connectivity index (χ3v) is 4.21.